The van der Waals surface area contributed by atoms with Gasteiger partial charge in [-0.3, -0.25) is 0 Å². The van der Waals surface area contributed by atoms with Crippen molar-refractivity contribution in [3.63, 3.8) is 0 Å². The number of carbonyl (C=O) groups is 1. The zero-order chi connectivity index (χ0) is 14.7. The van der Waals surface area contributed by atoms with Gasteiger partial charge in [-0.05, 0) is 54.4 Å². The molecule has 2 N–H and O–H groups in total. The minimum atomic E-state index is -0.485. The summed E-state index contributed by atoms with van der Waals surface area (Å²) in [5, 5.41) is 0. The molecule has 0 radical (unpaired) electrons. The first-order valence-corrected chi connectivity index (χ1v) is 6.72. The molecule has 0 saturated carbocycles. The number of anilines is 1. The molecular formula is C15H13BrFNO2. The topological polar surface area (TPSA) is 52.3 Å². The monoisotopic (exact) mass is 337 g/mol. The molecule has 104 valence electrons. The molecule has 0 aliphatic carbocycles. The van der Waals surface area contributed by atoms with Crippen LogP contribution in [-0.2, 0) is 11.3 Å². The van der Waals surface area contributed by atoms with E-state index in [9.17, 15) is 9.18 Å². The highest BCUT2D eigenvalue weighted by Gasteiger charge is 2.09. The molecule has 0 aliphatic rings. The lowest BCUT2D eigenvalue weighted by Crippen LogP contribution is -2.06. The van der Waals surface area contributed by atoms with Gasteiger partial charge >= 0.3 is 5.97 Å². The molecule has 2 aromatic rings. The fraction of sp³-hybridized carbons (Fsp3) is 0.133. The standard InChI is InChI=1S/C15H13BrFNO2/c1-9-2-11(6-14(18)3-9)15(19)20-8-10-4-12(16)7-13(17)5-10/h2-7H,8,18H2,1H3. The van der Waals surface area contributed by atoms with Crippen molar-refractivity contribution in [2.75, 3.05) is 5.73 Å². The molecule has 0 aliphatic heterocycles. The number of benzene rings is 2. The fourth-order valence-corrected chi connectivity index (χ4v) is 2.37. The summed E-state index contributed by atoms with van der Waals surface area (Å²) in [6.45, 7) is 1.85. The second kappa shape index (κ2) is 6.05. The van der Waals surface area contributed by atoms with Crippen LogP contribution in [0, 0.1) is 12.7 Å². The maximum absolute atomic E-state index is 13.2. The molecule has 20 heavy (non-hydrogen) atoms. The third kappa shape index (κ3) is 3.81. The molecular weight excluding hydrogens is 325 g/mol. The molecule has 2 aromatic carbocycles. The lowest BCUT2D eigenvalue weighted by Gasteiger charge is -2.07. The van der Waals surface area contributed by atoms with Crippen molar-refractivity contribution < 1.29 is 13.9 Å². The zero-order valence-corrected chi connectivity index (χ0v) is 12.4. The molecule has 0 fully saturated rings. The van der Waals surface area contributed by atoms with Gasteiger partial charge < -0.3 is 10.5 Å². The van der Waals surface area contributed by atoms with Gasteiger partial charge in [0.15, 0.2) is 0 Å². The van der Waals surface area contributed by atoms with Crippen molar-refractivity contribution >= 4 is 27.6 Å². The first-order chi connectivity index (χ1) is 9.44. The van der Waals surface area contributed by atoms with Crippen molar-refractivity contribution in [3.8, 4) is 0 Å². The average molecular weight is 338 g/mol. The normalized spacial score (nSPS) is 10.3. The van der Waals surface area contributed by atoms with E-state index >= 15 is 0 Å². The predicted octanol–water partition coefficient (Wildman–Crippen LogP) is 3.84. The van der Waals surface area contributed by atoms with Crippen LogP contribution >= 0.6 is 15.9 Å². The highest BCUT2D eigenvalue weighted by atomic mass is 79.9. The molecule has 5 heteroatoms. The minimum absolute atomic E-state index is 0.00302. The number of hydrogen-bond donors (Lipinski definition) is 1. The average Bonchev–Trinajstić information content (AvgIpc) is 2.33. The van der Waals surface area contributed by atoms with Crippen LogP contribution in [0.1, 0.15) is 21.5 Å². The van der Waals surface area contributed by atoms with Crippen LogP contribution in [-0.4, -0.2) is 5.97 Å². The number of halogens is 2. The molecule has 0 aromatic heterocycles. The molecule has 0 unspecified atom stereocenters. The molecule has 3 nitrogen and oxygen atoms in total. The Morgan fingerprint density at radius 2 is 2.00 bits per heavy atom. The summed E-state index contributed by atoms with van der Waals surface area (Å²) in [4.78, 5) is 11.9. The van der Waals surface area contributed by atoms with Crippen LogP contribution in [0.4, 0.5) is 10.1 Å². The van der Waals surface area contributed by atoms with Crippen LogP contribution in [0.15, 0.2) is 40.9 Å². The highest BCUT2D eigenvalue weighted by Crippen LogP contribution is 2.17. The zero-order valence-electron chi connectivity index (χ0n) is 10.8. The number of nitrogens with two attached hydrogens (primary N) is 1. The Bertz CT molecular complexity index is 618. The van der Waals surface area contributed by atoms with Crippen molar-refractivity contribution in [3.05, 3.63) is 63.4 Å². The summed E-state index contributed by atoms with van der Waals surface area (Å²) in [5.41, 5.74) is 8.03. The molecule has 0 spiro atoms. The number of aryl methyl sites for hydroxylation is 1. The highest BCUT2D eigenvalue weighted by molar-refractivity contribution is 9.10. The smallest absolute Gasteiger partial charge is 0.338 e. The summed E-state index contributed by atoms with van der Waals surface area (Å²) >= 11 is 3.19. The summed E-state index contributed by atoms with van der Waals surface area (Å²) in [7, 11) is 0. The van der Waals surface area contributed by atoms with E-state index in [-0.39, 0.29) is 12.4 Å². The summed E-state index contributed by atoms with van der Waals surface area (Å²) < 4.78 is 18.9. The van der Waals surface area contributed by atoms with E-state index in [2.05, 4.69) is 15.9 Å². The van der Waals surface area contributed by atoms with Gasteiger partial charge in [0.1, 0.15) is 12.4 Å². The van der Waals surface area contributed by atoms with Crippen LogP contribution in [0.3, 0.4) is 0 Å². The number of rotatable bonds is 3. The summed E-state index contributed by atoms with van der Waals surface area (Å²) in [5.74, 6) is -0.869. The second-order valence-electron chi connectivity index (χ2n) is 4.49. The van der Waals surface area contributed by atoms with E-state index in [1.54, 1.807) is 24.3 Å². The third-order valence-corrected chi connectivity index (χ3v) is 3.09. The predicted molar refractivity (Wildman–Crippen MR) is 78.8 cm³/mol. The Kier molecular flexibility index (Phi) is 4.39. The van der Waals surface area contributed by atoms with E-state index < -0.39 is 5.97 Å². The second-order valence-corrected chi connectivity index (χ2v) is 5.40. The minimum Gasteiger partial charge on any atom is -0.457 e. The Hall–Kier alpha value is -1.88. The van der Waals surface area contributed by atoms with Crippen molar-refractivity contribution in [2.45, 2.75) is 13.5 Å². The first kappa shape index (κ1) is 14.5. The van der Waals surface area contributed by atoms with Gasteiger partial charge in [0.2, 0.25) is 0 Å². The lowest BCUT2D eigenvalue weighted by molar-refractivity contribution is 0.0472. The van der Waals surface area contributed by atoms with Gasteiger partial charge in [-0.15, -0.1) is 0 Å². The number of ether oxygens (including phenoxy) is 1. The summed E-state index contributed by atoms with van der Waals surface area (Å²) in [6.07, 6.45) is 0. The maximum atomic E-state index is 13.2. The molecule has 2 rings (SSSR count). The largest absolute Gasteiger partial charge is 0.457 e. The Morgan fingerprint density at radius 1 is 1.25 bits per heavy atom. The van der Waals surface area contributed by atoms with Gasteiger partial charge in [0.05, 0.1) is 5.56 Å². The van der Waals surface area contributed by atoms with Crippen LogP contribution < -0.4 is 5.73 Å². The SMILES string of the molecule is Cc1cc(N)cc(C(=O)OCc2cc(F)cc(Br)c2)c1. The van der Waals surface area contributed by atoms with Gasteiger partial charge in [0.25, 0.3) is 0 Å². The maximum Gasteiger partial charge on any atom is 0.338 e. The molecule has 0 bridgehead atoms. The fourth-order valence-electron chi connectivity index (χ4n) is 1.86. The molecule has 0 saturated heterocycles. The molecule has 0 heterocycles. The van der Waals surface area contributed by atoms with E-state index in [4.69, 9.17) is 10.5 Å². The van der Waals surface area contributed by atoms with Crippen LogP contribution in [0.5, 0.6) is 0 Å². The van der Waals surface area contributed by atoms with Crippen LogP contribution in [0.25, 0.3) is 0 Å². The molecule has 0 atom stereocenters. The quantitative estimate of drug-likeness (QED) is 0.683. The number of carbonyl (C=O) groups excluding carboxylic acids is 1. The van der Waals surface area contributed by atoms with Gasteiger partial charge in [-0.2, -0.15) is 0 Å². The van der Waals surface area contributed by atoms with Gasteiger partial charge in [0, 0.05) is 10.2 Å². The van der Waals surface area contributed by atoms with Crippen LogP contribution in [0.2, 0.25) is 0 Å². The Labute approximate surface area is 124 Å². The van der Waals surface area contributed by atoms with Gasteiger partial charge in [-0.25, -0.2) is 9.18 Å². The lowest BCUT2D eigenvalue weighted by atomic mass is 10.1. The van der Waals surface area contributed by atoms with E-state index in [0.29, 0.717) is 21.3 Å². The number of hydrogen-bond acceptors (Lipinski definition) is 3. The first-order valence-electron chi connectivity index (χ1n) is 5.93. The van der Waals surface area contributed by atoms with E-state index in [1.807, 2.05) is 6.92 Å². The van der Waals surface area contributed by atoms with Gasteiger partial charge in [-0.1, -0.05) is 15.9 Å². The van der Waals surface area contributed by atoms with E-state index in [0.717, 1.165) is 5.56 Å². The number of esters is 1. The third-order valence-electron chi connectivity index (χ3n) is 2.63. The van der Waals surface area contributed by atoms with E-state index in [1.165, 1.54) is 12.1 Å². The van der Waals surface area contributed by atoms with Crippen molar-refractivity contribution in [2.24, 2.45) is 0 Å². The Balaban J connectivity index is 2.08. The number of nitrogen functional groups attached to an aromatic ring is 1. The van der Waals surface area contributed by atoms with Crippen molar-refractivity contribution in [1.29, 1.82) is 0 Å². The molecule has 0 amide bonds. The van der Waals surface area contributed by atoms with Crippen molar-refractivity contribution in [1.82, 2.24) is 0 Å². The Morgan fingerprint density at radius 3 is 2.65 bits per heavy atom. The summed E-state index contributed by atoms with van der Waals surface area (Å²) in [6, 6.07) is 9.37.